The highest BCUT2D eigenvalue weighted by molar-refractivity contribution is 5.41. The van der Waals surface area contributed by atoms with Gasteiger partial charge in [-0.05, 0) is 48.7 Å². The number of aryl methyl sites for hydroxylation is 1. The van der Waals surface area contributed by atoms with Gasteiger partial charge in [0.1, 0.15) is 11.5 Å². The minimum atomic E-state index is 0.542. The summed E-state index contributed by atoms with van der Waals surface area (Å²) in [6.45, 7) is 10.5. The third kappa shape index (κ3) is 4.08. The first kappa shape index (κ1) is 15.6. The Morgan fingerprint density at radius 3 is 2.52 bits per heavy atom. The van der Waals surface area contributed by atoms with Gasteiger partial charge in [-0.2, -0.15) is 0 Å². The molecule has 0 spiro atoms. The zero-order valence-electron chi connectivity index (χ0n) is 13.4. The second-order valence-electron chi connectivity index (χ2n) is 5.66. The Labute approximate surface area is 128 Å². The zero-order valence-corrected chi connectivity index (χ0v) is 13.4. The van der Waals surface area contributed by atoms with Crippen LogP contribution < -0.4 is 10.1 Å². The van der Waals surface area contributed by atoms with Gasteiger partial charge in [-0.3, -0.25) is 0 Å². The maximum atomic E-state index is 6.08. The highest BCUT2D eigenvalue weighted by Crippen LogP contribution is 2.29. The Morgan fingerprint density at radius 1 is 1.10 bits per heavy atom. The first-order valence-electron chi connectivity index (χ1n) is 7.68. The molecular formula is C19H25NO. The number of hydrogen-bond acceptors (Lipinski definition) is 2. The molecule has 21 heavy (non-hydrogen) atoms. The molecular weight excluding hydrogens is 258 g/mol. The monoisotopic (exact) mass is 283 g/mol. The second kappa shape index (κ2) is 7.28. The van der Waals surface area contributed by atoms with Gasteiger partial charge in [-0.1, -0.05) is 45.0 Å². The van der Waals surface area contributed by atoms with Crippen molar-refractivity contribution >= 4 is 0 Å². The van der Waals surface area contributed by atoms with E-state index >= 15 is 0 Å². The van der Waals surface area contributed by atoms with Crippen LogP contribution in [-0.2, 0) is 6.54 Å². The van der Waals surface area contributed by atoms with Gasteiger partial charge in [0, 0.05) is 12.1 Å². The Balaban J connectivity index is 2.20. The van der Waals surface area contributed by atoms with E-state index in [0.29, 0.717) is 5.92 Å². The van der Waals surface area contributed by atoms with Gasteiger partial charge in [-0.15, -0.1) is 0 Å². The minimum absolute atomic E-state index is 0.542. The summed E-state index contributed by atoms with van der Waals surface area (Å²) >= 11 is 0. The second-order valence-corrected chi connectivity index (χ2v) is 5.66. The standard InChI is InChI=1S/C19H25NO/c1-5-20-13-16-8-6-7-9-19(16)21-17-10-11-18(14(2)3)15(4)12-17/h6-12,14,20H,5,13H2,1-4H3. The van der Waals surface area contributed by atoms with E-state index in [1.807, 2.05) is 18.2 Å². The quantitative estimate of drug-likeness (QED) is 0.803. The lowest BCUT2D eigenvalue weighted by atomic mass is 9.98. The molecule has 112 valence electrons. The number of para-hydroxylation sites is 1. The predicted molar refractivity (Wildman–Crippen MR) is 89.2 cm³/mol. The van der Waals surface area contributed by atoms with E-state index in [4.69, 9.17) is 4.74 Å². The molecule has 2 rings (SSSR count). The molecule has 0 atom stereocenters. The molecule has 0 saturated carbocycles. The fourth-order valence-corrected chi connectivity index (χ4v) is 2.50. The van der Waals surface area contributed by atoms with Crippen molar-refractivity contribution in [2.45, 2.75) is 40.2 Å². The first-order chi connectivity index (χ1) is 10.1. The summed E-state index contributed by atoms with van der Waals surface area (Å²) in [7, 11) is 0. The normalized spacial score (nSPS) is 10.9. The Kier molecular flexibility index (Phi) is 5.40. The van der Waals surface area contributed by atoms with E-state index in [-0.39, 0.29) is 0 Å². The van der Waals surface area contributed by atoms with Crippen LogP contribution in [0.5, 0.6) is 11.5 Å². The van der Waals surface area contributed by atoms with Crippen LogP contribution in [0, 0.1) is 6.92 Å². The van der Waals surface area contributed by atoms with Crippen molar-refractivity contribution < 1.29 is 4.74 Å². The molecule has 2 aromatic rings. The van der Waals surface area contributed by atoms with Crippen LogP contribution in [-0.4, -0.2) is 6.54 Å². The largest absolute Gasteiger partial charge is 0.457 e. The molecule has 0 radical (unpaired) electrons. The van der Waals surface area contributed by atoms with Crippen LogP contribution in [0.4, 0.5) is 0 Å². The molecule has 0 saturated heterocycles. The number of rotatable bonds is 6. The molecule has 0 aliphatic rings. The van der Waals surface area contributed by atoms with Gasteiger partial charge >= 0.3 is 0 Å². The van der Waals surface area contributed by atoms with E-state index in [0.717, 1.165) is 24.6 Å². The number of nitrogens with one attached hydrogen (secondary N) is 1. The van der Waals surface area contributed by atoms with E-state index in [2.05, 4.69) is 57.3 Å². The molecule has 0 fully saturated rings. The maximum Gasteiger partial charge on any atom is 0.131 e. The highest BCUT2D eigenvalue weighted by Gasteiger charge is 2.07. The molecule has 2 aromatic carbocycles. The lowest BCUT2D eigenvalue weighted by Crippen LogP contribution is -2.12. The smallest absolute Gasteiger partial charge is 0.131 e. The van der Waals surface area contributed by atoms with Crippen LogP contribution in [0.2, 0.25) is 0 Å². The molecule has 0 bridgehead atoms. The highest BCUT2D eigenvalue weighted by atomic mass is 16.5. The SMILES string of the molecule is CCNCc1ccccc1Oc1ccc(C(C)C)c(C)c1. The fourth-order valence-electron chi connectivity index (χ4n) is 2.50. The molecule has 0 unspecified atom stereocenters. The van der Waals surface area contributed by atoms with E-state index in [1.165, 1.54) is 16.7 Å². The van der Waals surface area contributed by atoms with E-state index in [9.17, 15) is 0 Å². The lowest BCUT2D eigenvalue weighted by Gasteiger charge is -2.14. The van der Waals surface area contributed by atoms with Crippen molar-refractivity contribution in [2.75, 3.05) is 6.54 Å². The van der Waals surface area contributed by atoms with Crippen molar-refractivity contribution in [1.29, 1.82) is 0 Å². The van der Waals surface area contributed by atoms with Crippen LogP contribution in [0.25, 0.3) is 0 Å². The molecule has 0 amide bonds. The van der Waals surface area contributed by atoms with Crippen molar-refractivity contribution in [3.8, 4) is 11.5 Å². The summed E-state index contributed by atoms with van der Waals surface area (Å²) in [6.07, 6.45) is 0. The minimum Gasteiger partial charge on any atom is -0.457 e. The molecule has 0 aliphatic carbocycles. The summed E-state index contributed by atoms with van der Waals surface area (Å²) in [5.74, 6) is 2.37. The van der Waals surface area contributed by atoms with Crippen LogP contribution in [0.3, 0.4) is 0 Å². The molecule has 0 aromatic heterocycles. The van der Waals surface area contributed by atoms with Crippen LogP contribution >= 0.6 is 0 Å². The molecule has 1 N–H and O–H groups in total. The maximum absolute atomic E-state index is 6.08. The van der Waals surface area contributed by atoms with Gasteiger partial charge in [0.2, 0.25) is 0 Å². The topological polar surface area (TPSA) is 21.3 Å². The number of benzene rings is 2. The molecule has 0 aliphatic heterocycles. The lowest BCUT2D eigenvalue weighted by molar-refractivity contribution is 0.472. The van der Waals surface area contributed by atoms with Crippen molar-refractivity contribution in [1.82, 2.24) is 5.32 Å². The molecule has 2 nitrogen and oxygen atoms in total. The van der Waals surface area contributed by atoms with Crippen LogP contribution in [0.15, 0.2) is 42.5 Å². The van der Waals surface area contributed by atoms with Crippen molar-refractivity contribution in [2.24, 2.45) is 0 Å². The summed E-state index contributed by atoms with van der Waals surface area (Å²) in [6, 6.07) is 14.5. The number of ether oxygens (including phenoxy) is 1. The van der Waals surface area contributed by atoms with Gasteiger partial charge < -0.3 is 10.1 Å². The molecule has 2 heteroatoms. The summed E-state index contributed by atoms with van der Waals surface area (Å²) < 4.78 is 6.08. The Morgan fingerprint density at radius 2 is 1.86 bits per heavy atom. The molecule has 0 heterocycles. The average molecular weight is 283 g/mol. The van der Waals surface area contributed by atoms with Gasteiger partial charge in [0.05, 0.1) is 0 Å². The third-order valence-electron chi connectivity index (χ3n) is 3.63. The average Bonchev–Trinajstić information content (AvgIpc) is 2.46. The Hall–Kier alpha value is -1.80. The Bertz CT molecular complexity index is 590. The van der Waals surface area contributed by atoms with Crippen LogP contribution in [0.1, 0.15) is 43.4 Å². The van der Waals surface area contributed by atoms with E-state index < -0.39 is 0 Å². The zero-order chi connectivity index (χ0) is 15.2. The summed E-state index contributed by atoms with van der Waals surface area (Å²) in [5.41, 5.74) is 3.85. The number of hydrogen-bond donors (Lipinski definition) is 1. The van der Waals surface area contributed by atoms with Gasteiger partial charge in [0.15, 0.2) is 0 Å². The van der Waals surface area contributed by atoms with Crippen molar-refractivity contribution in [3.05, 3.63) is 59.2 Å². The van der Waals surface area contributed by atoms with Gasteiger partial charge in [0.25, 0.3) is 0 Å². The summed E-state index contributed by atoms with van der Waals surface area (Å²) in [5, 5.41) is 3.35. The fraction of sp³-hybridized carbons (Fsp3) is 0.368. The van der Waals surface area contributed by atoms with E-state index in [1.54, 1.807) is 0 Å². The predicted octanol–water partition coefficient (Wildman–Crippen LogP) is 5.02. The van der Waals surface area contributed by atoms with Crippen molar-refractivity contribution in [3.63, 3.8) is 0 Å². The third-order valence-corrected chi connectivity index (χ3v) is 3.63. The summed E-state index contributed by atoms with van der Waals surface area (Å²) in [4.78, 5) is 0. The van der Waals surface area contributed by atoms with Gasteiger partial charge in [-0.25, -0.2) is 0 Å². The first-order valence-corrected chi connectivity index (χ1v) is 7.68.